The van der Waals surface area contributed by atoms with Crippen molar-refractivity contribution in [3.63, 3.8) is 0 Å². The van der Waals surface area contributed by atoms with Gasteiger partial charge in [0, 0.05) is 31.0 Å². The third-order valence-corrected chi connectivity index (χ3v) is 4.65. The van der Waals surface area contributed by atoms with Crippen molar-refractivity contribution >= 4 is 11.9 Å². The van der Waals surface area contributed by atoms with Crippen LogP contribution >= 0.6 is 0 Å². The second kappa shape index (κ2) is 7.85. The normalized spacial score (nSPS) is 15.7. The average molecular weight is 352 g/mol. The van der Waals surface area contributed by atoms with E-state index in [0.29, 0.717) is 11.5 Å². The van der Waals surface area contributed by atoms with Crippen molar-refractivity contribution in [1.29, 1.82) is 0 Å². The van der Waals surface area contributed by atoms with Gasteiger partial charge in [-0.25, -0.2) is 9.97 Å². The number of rotatable bonds is 4. The van der Waals surface area contributed by atoms with Gasteiger partial charge in [-0.15, -0.1) is 0 Å². The molecule has 3 rings (SSSR count). The fourth-order valence-corrected chi connectivity index (χ4v) is 3.30. The molecule has 0 atom stereocenters. The number of carbonyl (C=O) groups excluding carboxylic acids is 1. The van der Waals surface area contributed by atoms with Gasteiger partial charge in [0.2, 0.25) is 5.95 Å². The number of hydrogen-bond acceptors (Lipinski definition) is 4. The van der Waals surface area contributed by atoms with E-state index in [2.05, 4.69) is 50.5 Å². The summed E-state index contributed by atoms with van der Waals surface area (Å²) in [4.78, 5) is 23.2. The SMILES string of the molecule is CC(C)(C)NC(=O)c1cnc(N2CCC(Cc3ccccc3)CC2)nc1. The minimum Gasteiger partial charge on any atom is -0.347 e. The molecule has 138 valence electrons. The van der Waals surface area contributed by atoms with Crippen molar-refractivity contribution in [3.05, 3.63) is 53.9 Å². The van der Waals surface area contributed by atoms with Gasteiger partial charge < -0.3 is 10.2 Å². The van der Waals surface area contributed by atoms with E-state index in [9.17, 15) is 4.79 Å². The number of amides is 1. The molecule has 1 saturated heterocycles. The van der Waals surface area contributed by atoms with Crippen LogP contribution < -0.4 is 10.2 Å². The highest BCUT2D eigenvalue weighted by molar-refractivity contribution is 5.94. The van der Waals surface area contributed by atoms with Gasteiger partial charge in [-0.2, -0.15) is 0 Å². The molecule has 0 radical (unpaired) electrons. The summed E-state index contributed by atoms with van der Waals surface area (Å²) in [6.07, 6.45) is 6.68. The lowest BCUT2D eigenvalue weighted by molar-refractivity contribution is 0.0919. The fraction of sp³-hybridized carbons (Fsp3) is 0.476. The highest BCUT2D eigenvalue weighted by atomic mass is 16.1. The summed E-state index contributed by atoms with van der Waals surface area (Å²) in [5, 5.41) is 2.93. The van der Waals surface area contributed by atoms with Crippen LogP contribution in [0.25, 0.3) is 0 Å². The van der Waals surface area contributed by atoms with E-state index in [0.717, 1.165) is 38.3 Å². The maximum absolute atomic E-state index is 12.2. The predicted octanol–water partition coefficient (Wildman–Crippen LogP) is 3.46. The van der Waals surface area contributed by atoms with Crippen molar-refractivity contribution in [3.8, 4) is 0 Å². The van der Waals surface area contributed by atoms with Crippen LogP contribution in [-0.4, -0.2) is 34.5 Å². The van der Waals surface area contributed by atoms with E-state index in [4.69, 9.17) is 0 Å². The number of benzene rings is 1. The standard InChI is InChI=1S/C21H28N4O/c1-21(2,3)24-19(26)18-14-22-20(23-15-18)25-11-9-17(10-12-25)13-16-7-5-4-6-8-16/h4-8,14-15,17H,9-13H2,1-3H3,(H,24,26). The van der Waals surface area contributed by atoms with Crippen LogP contribution in [0.2, 0.25) is 0 Å². The summed E-state index contributed by atoms with van der Waals surface area (Å²) in [5.74, 6) is 1.30. The third-order valence-electron chi connectivity index (χ3n) is 4.65. The topological polar surface area (TPSA) is 58.1 Å². The molecule has 1 fully saturated rings. The van der Waals surface area contributed by atoms with Gasteiger partial charge in [0.15, 0.2) is 0 Å². The third kappa shape index (κ3) is 5.04. The van der Waals surface area contributed by atoms with Gasteiger partial charge in [0.05, 0.1) is 5.56 Å². The molecular formula is C21H28N4O. The van der Waals surface area contributed by atoms with Gasteiger partial charge in [-0.05, 0) is 51.5 Å². The molecule has 0 spiro atoms. The second-order valence-corrected chi connectivity index (χ2v) is 8.10. The summed E-state index contributed by atoms with van der Waals surface area (Å²) in [6, 6.07) is 10.7. The Hall–Kier alpha value is -2.43. The molecule has 2 aromatic rings. The van der Waals surface area contributed by atoms with Crippen molar-refractivity contribution < 1.29 is 4.79 Å². The van der Waals surface area contributed by atoms with Crippen molar-refractivity contribution in [2.75, 3.05) is 18.0 Å². The molecule has 1 aromatic heterocycles. The zero-order valence-electron chi connectivity index (χ0n) is 15.9. The van der Waals surface area contributed by atoms with E-state index in [1.165, 1.54) is 5.56 Å². The zero-order chi connectivity index (χ0) is 18.6. The van der Waals surface area contributed by atoms with Crippen LogP contribution in [0.1, 0.15) is 49.5 Å². The fourth-order valence-electron chi connectivity index (χ4n) is 3.30. The highest BCUT2D eigenvalue weighted by Crippen LogP contribution is 2.23. The molecule has 1 N–H and O–H groups in total. The maximum Gasteiger partial charge on any atom is 0.254 e. The maximum atomic E-state index is 12.2. The van der Waals surface area contributed by atoms with Gasteiger partial charge >= 0.3 is 0 Å². The molecule has 0 bridgehead atoms. The van der Waals surface area contributed by atoms with E-state index >= 15 is 0 Å². The smallest absolute Gasteiger partial charge is 0.254 e. The Balaban J connectivity index is 1.54. The predicted molar refractivity (Wildman–Crippen MR) is 104 cm³/mol. The van der Waals surface area contributed by atoms with Gasteiger partial charge in [0.1, 0.15) is 0 Å². The van der Waals surface area contributed by atoms with Crippen molar-refractivity contribution in [2.24, 2.45) is 5.92 Å². The summed E-state index contributed by atoms with van der Waals surface area (Å²) < 4.78 is 0. The van der Waals surface area contributed by atoms with E-state index in [-0.39, 0.29) is 11.4 Å². The van der Waals surface area contributed by atoms with Crippen LogP contribution in [-0.2, 0) is 6.42 Å². The number of aromatic nitrogens is 2. The second-order valence-electron chi connectivity index (χ2n) is 8.10. The molecule has 2 heterocycles. The summed E-state index contributed by atoms with van der Waals surface area (Å²) in [6.45, 7) is 7.80. The average Bonchev–Trinajstić information content (AvgIpc) is 2.62. The first-order valence-corrected chi connectivity index (χ1v) is 9.34. The lowest BCUT2D eigenvalue weighted by Crippen LogP contribution is -2.40. The number of hydrogen-bond donors (Lipinski definition) is 1. The Kier molecular flexibility index (Phi) is 5.55. The van der Waals surface area contributed by atoms with Gasteiger partial charge in [-0.3, -0.25) is 4.79 Å². The Bertz CT molecular complexity index is 714. The molecule has 1 aliphatic rings. The first kappa shape index (κ1) is 18.4. The zero-order valence-corrected chi connectivity index (χ0v) is 15.9. The van der Waals surface area contributed by atoms with Crippen LogP contribution in [0.15, 0.2) is 42.7 Å². The van der Waals surface area contributed by atoms with Crippen LogP contribution in [0, 0.1) is 5.92 Å². The van der Waals surface area contributed by atoms with E-state index < -0.39 is 0 Å². The Morgan fingerprint density at radius 3 is 2.31 bits per heavy atom. The minimum atomic E-state index is -0.267. The minimum absolute atomic E-state index is 0.134. The Morgan fingerprint density at radius 2 is 1.73 bits per heavy atom. The quantitative estimate of drug-likeness (QED) is 0.915. The monoisotopic (exact) mass is 352 g/mol. The highest BCUT2D eigenvalue weighted by Gasteiger charge is 2.22. The van der Waals surface area contributed by atoms with Gasteiger partial charge in [-0.1, -0.05) is 30.3 Å². The molecule has 0 aliphatic carbocycles. The van der Waals surface area contributed by atoms with Gasteiger partial charge in [0.25, 0.3) is 5.91 Å². The molecule has 1 amide bonds. The summed E-state index contributed by atoms with van der Waals surface area (Å²) >= 11 is 0. The molecule has 1 aromatic carbocycles. The number of nitrogens with zero attached hydrogens (tertiary/aromatic N) is 3. The lowest BCUT2D eigenvalue weighted by Gasteiger charge is -2.32. The number of carbonyl (C=O) groups is 1. The van der Waals surface area contributed by atoms with Crippen LogP contribution in [0.3, 0.4) is 0 Å². The molecule has 0 saturated carbocycles. The van der Waals surface area contributed by atoms with Crippen molar-refractivity contribution in [1.82, 2.24) is 15.3 Å². The molecular weight excluding hydrogens is 324 g/mol. The van der Waals surface area contributed by atoms with E-state index in [1.54, 1.807) is 12.4 Å². The number of piperidine rings is 1. The van der Waals surface area contributed by atoms with Crippen LogP contribution in [0.4, 0.5) is 5.95 Å². The largest absolute Gasteiger partial charge is 0.347 e. The van der Waals surface area contributed by atoms with Crippen LogP contribution in [0.5, 0.6) is 0 Å². The first-order chi connectivity index (χ1) is 12.4. The molecule has 1 aliphatic heterocycles. The summed E-state index contributed by atoms with van der Waals surface area (Å²) in [5.41, 5.74) is 1.65. The first-order valence-electron chi connectivity index (χ1n) is 9.34. The molecule has 26 heavy (non-hydrogen) atoms. The Labute approximate surface area is 155 Å². The number of nitrogens with one attached hydrogen (secondary N) is 1. The van der Waals surface area contributed by atoms with Crippen molar-refractivity contribution in [2.45, 2.75) is 45.6 Å². The lowest BCUT2D eigenvalue weighted by atomic mass is 9.90. The summed E-state index contributed by atoms with van der Waals surface area (Å²) in [7, 11) is 0. The van der Waals surface area contributed by atoms with E-state index in [1.807, 2.05) is 20.8 Å². The number of anilines is 1. The molecule has 5 heteroatoms. The molecule has 0 unspecified atom stereocenters. The molecule has 5 nitrogen and oxygen atoms in total. The Morgan fingerprint density at radius 1 is 1.12 bits per heavy atom.